The summed E-state index contributed by atoms with van der Waals surface area (Å²) in [4.78, 5) is 0. The second-order valence-corrected chi connectivity index (χ2v) is 5.04. The van der Waals surface area contributed by atoms with Crippen LogP contribution in [0.5, 0.6) is 11.5 Å². The third kappa shape index (κ3) is 3.57. The van der Waals surface area contributed by atoms with Crippen LogP contribution < -0.4 is 15.2 Å². The molecule has 0 bridgehead atoms. The zero-order valence-electron chi connectivity index (χ0n) is 11.6. The predicted octanol–water partition coefficient (Wildman–Crippen LogP) is 1.97. The minimum atomic E-state index is 0.412. The first-order valence-corrected chi connectivity index (χ1v) is 7.33. The van der Waals surface area contributed by atoms with Gasteiger partial charge in [0, 0.05) is 12.8 Å². The van der Waals surface area contributed by atoms with E-state index < -0.39 is 0 Å². The molecule has 0 aliphatic heterocycles. The number of nitrogens with zero attached hydrogens (tertiary/aromatic N) is 3. The summed E-state index contributed by atoms with van der Waals surface area (Å²) < 4.78 is 13.0. The van der Waals surface area contributed by atoms with Crippen molar-refractivity contribution < 1.29 is 9.47 Å². The van der Waals surface area contributed by atoms with Gasteiger partial charge in [-0.2, -0.15) is 0 Å². The molecule has 2 aromatic rings. The highest BCUT2D eigenvalue weighted by atomic mass is 32.2. The first kappa shape index (κ1) is 14.5. The molecule has 1 aromatic heterocycles. The Labute approximate surface area is 122 Å². The number of anilines is 1. The molecule has 0 radical (unpaired) electrons. The van der Waals surface area contributed by atoms with E-state index in [-0.39, 0.29) is 0 Å². The predicted molar refractivity (Wildman–Crippen MR) is 79.2 cm³/mol. The highest BCUT2D eigenvalue weighted by Crippen LogP contribution is 2.26. The Morgan fingerprint density at radius 2 is 1.90 bits per heavy atom. The van der Waals surface area contributed by atoms with E-state index in [4.69, 9.17) is 15.2 Å². The van der Waals surface area contributed by atoms with Crippen LogP contribution in [0.4, 0.5) is 5.95 Å². The first-order chi connectivity index (χ1) is 9.72. The Morgan fingerprint density at radius 3 is 2.50 bits per heavy atom. The Bertz CT molecular complexity index is 559. The molecular weight excluding hydrogens is 276 g/mol. The van der Waals surface area contributed by atoms with Crippen LogP contribution in [0.15, 0.2) is 29.4 Å². The van der Waals surface area contributed by atoms with E-state index >= 15 is 0 Å². The van der Waals surface area contributed by atoms with Crippen molar-refractivity contribution in [2.24, 2.45) is 7.05 Å². The van der Waals surface area contributed by atoms with Crippen molar-refractivity contribution in [3.05, 3.63) is 24.3 Å². The van der Waals surface area contributed by atoms with E-state index in [1.165, 1.54) is 0 Å². The van der Waals surface area contributed by atoms with Crippen molar-refractivity contribution in [3.63, 3.8) is 0 Å². The minimum Gasteiger partial charge on any atom is -0.490 e. The summed E-state index contributed by atoms with van der Waals surface area (Å²) >= 11 is 1.55. The summed E-state index contributed by atoms with van der Waals surface area (Å²) in [5, 5.41) is 8.56. The average Bonchev–Trinajstić information content (AvgIpc) is 2.77. The van der Waals surface area contributed by atoms with Gasteiger partial charge in [0.05, 0.1) is 13.2 Å². The van der Waals surface area contributed by atoms with Crippen LogP contribution in [0, 0.1) is 0 Å². The molecule has 7 heteroatoms. The number of hydrogen-bond acceptors (Lipinski definition) is 6. The van der Waals surface area contributed by atoms with Crippen molar-refractivity contribution in [2.75, 3.05) is 24.7 Å². The molecule has 6 nitrogen and oxygen atoms in total. The molecule has 0 fully saturated rings. The maximum Gasteiger partial charge on any atom is 0.222 e. The summed E-state index contributed by atoms with van der Waals surface area (Å²) in [6.07, 6.45) is 0. The van der Waals surface area contributed by atoms with Gasteiger partial charge in [0.1, 0.15) is 0 Å². The summed E-state index contributed by atoms with van der Waals surface area (Å²) in [7, 11) is 1.84. The van der Waals surface area contributed by atoms with Crippen LogP contribution in [0.1, 0.15) is 6.92 Å². The number of aromatic nitrogens is 3. The van der Waals surface area contributed by atoms with Crippen molar-refractivity contribution in [3.8, 4) is 11.5 Å². The maximum atomic E-state index is 5.72. The lowest BCUT2D eigenvalue weighted by Crippen LogP contribution is -2.04. The fourth-order valence-electron chi connectivity index (χ4n) is 1.58. The zero-order valence-corrected chi connectivity index (χ0v) is 12.4. The normalized spacial score (nSPS) is 10.5. The molecule has 0 unspecified atom stereocenters. The highest BCUT2D eigenvalue weighted by molar-refractivity contribution is 7.99. The topological polar surface area (TPSA) is 75.2 Å². The van der Waals surface area contributed by atoms with Crippen LogP contribution in [-0.2, 0) is 7.05 Å². The smallest absolute Gasteiger partial charge is 0.222 e. The number of nitrogens with two attached hydrogens (primary N) is 1. The second kappa shape index (κ2) is 7.04. The Balaban J connectivity index is 1.83. The summed E-state index contributed by atoms with van der Waals surface area (Å²) in [5.74, 6) is 2.69. The molecule has 0 atom stereocenters. The van der Waals surface area contributed by atoms with Crippen LogP contribution >= 0.6 is 11.8 Å². The number of nitrogen functional groups attached to an aromatic ring is 1. The Morgan fingerprint density at radius 1 is 1.20 bits per heavy atom. The van der Waals surface area contributed by atoms with E-state index in [1.54, 1.807) is 16.3 Å². The number of benzene rings is 1. The van der Waals surface area contributed by atoms with Crippen molar-refractivity contribution in [1.29, 1.82) is 0 Å². The fourth-order valence-corrected chi connectivity index (χ4v) is 2.32. The Kier molecular flexibility index (Phi) is 5.11. The quantitative estimate of drug-likeness (QED) is 0.621. The van der Waals surface area contributed by atoms with Crippen LogP contribution in [-0.4, -0.2) is 33.7 Å². The molecule has 0 spiro atoms. The standard InChI is InChI=1S/C13H18N4O2S/c1-3-18-10-6-4-5-7-11(10)19-8-9-20-13-16-15-12(14)17(13)2/h4-7H,3,8-9H2,1-2H3,(H2,14,15). The lowest BCUT2D eigenvalue weighted by Gasteiger charge is -2.11. The summed E-state index contributed by atoms with van der Waals surface area (Å²) in [6, 6.07) is 7.65. The van der Waals surface area contributed by atoms with E-state index in [1.807, 2.05) is 38.2 Å². The molecule has 0 amide bonds. The lowest BCUT2D eigenvalue weighted by molar-refractivity contribution is 0.289. The van der Waals surface area contributed by atoms with Crippen LogP contribution in [0.25, 0.3) is 0 Å². The van der Waals surface area contributed by atoms with E-state index in [2.05, 4.69) is 10.2 Å². The van der Waals surface area contributed by atoms with Crippen molar-refractivity contribution in [2.45, 2.75) is 12.1 Å². The van der Waals surface area contributed by atoms with Crippen molar-refractivity contribution in [1.82, 2.24) is 14.8 Å². The molecule has 1 heterocycles. The number of hydrogen-bond donors (Lipinski definition) is 1. The zero-order chi connectivity index (χ0) is 14.4. The van der Waals surface area contributed by atoms with Gasteiger partial charge < -0.3 is 15.2 Å². The monoisotopic (exact) mass is 294 g/mol. The van der Waals surface area contributed by atoms with Crippen molar-refractivity contribution >= 4 is 17.7 Å². The third-order valence-corrected chi connectivity index (χ3v) is 3.57. The van der Waals surface area contributed by atoms with Crippen LogP contribution in [0.2, 0.25) is 0 Å². The molecule has 2 rings (SSSR count). The van der Waals surface area contributed by atoms with Gasteiger partial charge >= 0.3 is 0 Å². The third-order valence-electron chi connectivity index (χ3n) is 2.59. The largest absolute Gasteiger partial charge is 0.490 e. The molecule has 0 aliphatic carbocycles. The van der Waals surface area contributed by atoms with Gasteiger partial charge in [0.2, 0.25) is 5.95 Å². The summed E-state index contributed by atoms with van der Waals surface area (Å²) in [5.41, 5.74) is 5.62. The molecule has 0 saturated carbocycles. The highest BCUT2D eigenvalue weighted by Gasteiger charge is 2.07. The van der Waals surface area contributed by atoms with E-state index in [9.17, 15) is 0 Å². The van der Waals surface area contributed by atoms with E-state index in [0.29, 0.717) is 19.2 Å². The van der Waals surface area contributed by atoms with Gasteiger partial charge in [0.15, 0.2) is 16.7 Å². The van der Waals surface area contributed by atoms with E-state index in [0.717, 1.165) is 22.4 Å². The molecule has 20 heavy (non-hydrogen) atoms. The van der Waals surface area contributed by atoms with Crippen LogP contribution in [0.3, 0.4) is 0 Å². The van der Waals surface area contributed by atoms with Gasteiger partial charge in [-0.1, -0.05) is 23.9 Å². The molecule has 2 N–H and O–H groups in total. The Hall–Kier alpha value is -1.89. The minimum absolute atomic E-state index is 0.412. The molecule has 0 saturated heterocycles. The van der Waals surface area contributed by atoms with Gasteiger partial charge in [0.25, 0.3) is 0 Å². The SMILES string of the molecule is CCOc1ccccc1OCCSc1nnc(N)n1C. The number of ether oxygens (including phenoxy) is 2. The second-order valence-electron chi connectivity index (χ2n) is 3.98. The molecule has 108 valence electrons. The van der Waals surface area contributed by atoms with Gasteiger partial charge in [-0.25, -0.2) is 0 Å². The molecule has 1 aromatic carbocycles. The summed E-state index contributed by atoms with van der Waals surface area (Å²) in [6.45, 7) is 3.12. The van der Waals surface area contributed by atoms with Gasteiger partial charge in [-0.3, -0.25) is 4.57 Å². The van der Waals surface area contributed by atoms with Gasteiger partial charge in [-0.15, -0.1) is 10.2 Å². The fraction of sp³-hybridized carbons (Fsp3) is 0.385. The average molecular weight is 294 g/mol. The van der Waals surface area contributed by atoms with Gasteiger partial charge in [-0.05, 0) is 19.1 Å². The number of para-hydroxylation sites is 2. The molecular formula is C13H18N4O2S. The maximum absolute atomic E-state index is 5.72. The molecule has 0 aliphatic rings. The first-order valence-electron chi connectivity index (χ1n) is 6.34. The number of rotatable bonds is 7. The number of thioether (sulfide) groups is 1. The lowest BCUT2D eigenvalue weighted by atomic mass is 10.3.